The van der Waals surface area contributed by atoms with Crippen LogP contribution in [0.25, 0.3) is 0 Å². The summed E-state index contributed by atoms with van der Waals surface area (Å²) >= 11 is 0. The Morgan fingerprint density at radius 2 is 2.09 bits per heavy atom. The fourth-order valence-electron chi connectivity index (χ4n) is 0.612. The third-order valence-corrected chi connectivity index (χ3v) is 1.35. The zero-order valence-corrected chi connectivity index (χ0v) is 6.89. The fraction of sp³-hybridized carbons (Fsp3) is 0.250. The van der Waals surface area contributed by atoms with Crippen LogP contribution in [-0.4, -0.2) is 0 Å². The van der Waals surface area contributed by atoms with Gasteiger partial charge in [0.15, 0.2) is 0 Å². The molecule has 0 rings (SSSR count). The molecule has 0 aromatic rings. The number of hydrogen-bond acceptors (Lipinski definition) is 3. The second kappa shape index (κ2) is 4.44. The Morgan fingerprint density at radius 3 is 2.45 bits per heavy atom. The van der Waals surface area contributed by atoms with Crippen LogP contribution in [-0.2, 0) is 0 Å². The highest BCUT2D eigenvalue weighted by Crippen LogP contribution is 2.08. The standard InChI is InChI=1S/C8H13N3/c1-4-5-6(2)8(9)7(3)11-10/h4-5,10H,1,9H2,2-3H3/b6-5+,8-7-,11-10?. The predicted octanol–water partition coefficient (Wildman–Crippen LogP) is 2.34. The van der Waals surface area contributed by atoms with Gasteiger partial charge in [-0.2, -0.15) is 5.11 Å². The summed E-state index contributed by atoms with van der Waals surface area (Å²) in [7, 11) is 0. The van der Waals surface area contributed by atoms with Gasteiger partial charge in [0.25, 0.3) is 0 Å². The van der Waals surface area contributed by atoms with Crippen LogP contribution in [0.3, 0.4) is 0 Å². The summed E-state index contributed by atoms with van der Waals surface area (Å²) in [6.07, 6.45) is 3.43. The van der Waals surface area contributed by atoms with Crippen LogP contribution in [0, 0.1) is 5.53 Å². The van der Waals surface area contributed by atoms with Gasteiger partial charge in [0.05, 0.1) is 11.4 Å². The molecule has 0 amide bonds. The zero-order valence-electron chi connectivity index (χ0n) is 6.89. The van der Waals surface area contributed by atoms with Crippen LogP contribution in [0.1, 0.15) is 13.8 Å². The SMILES string of the molecule is C=C/C=C(C)/C(N)=C(\C)N=N. The van der Waals surface area contributed by atoms with Crippen LogP contribution in [0.15, 0.2) is 40.8 Å². The Balaban J connectivity index is 4.72. The molecule has 0 unspecified atom stereocenters. The van der Waals surface area contributed by atoms with E-state index < -0.39 is 0 Å². The first-order valence-electron chi connectivity index (χ1n) is 3.27. The van der Waals surface area contributed by atoms with Crippen molar-refractivity contribution in [1.29, 1.82) is 5.53 Å². The molecule has 0 aliphatic rings. The van der Waals surface area contributed by atoms with Crippen molar-refractivity contribution < 1.29 is 0 Å². The van der Waals surface area contributed by atoms with E-state index in [0.717, 1.165) is 5.57 Å². The molecule has 11 heavy (non-hydrogen) atoms. The topological polar surface area (TPSA) is 62.2 Å². The molecule has 0 spiro atoms. The third kappa shape index (κ3) is 2.80. The van der Waals surface area contributed by atoms with Gasteiger partial charge in [-0.1, -0.05) is 18.7 Å². The average Bonchev–Trinajstić information content (AvgIpc) is 2.02. The maximum Gasteiger partial charge on any atom is 0.0824 e. The molecule has 60 valence electrons. The van der Waals surface area contributed by atoms with Gasteiger partial charge in [0.1, 0.15) is 0 Å². The average molecular weight is 151 g/mol. The summed E-state index contributed by atoms with van der Waals surface area (Å²) in [6.45, 7) is 7.09. The van der Waals surface area contributed by atoms with E-state index in [0.29, 0.717) is 11.4 Å². The van der Waals surface area contributed by atoms with E-state index >= 15 is 0 Å². The maximum absolute atomic E-state index is 6.70. The van der Waals surface area contributed by atoms with Crippen molar-refractivity contribution in [2.75, 3.05) is 0 Å². The number of rotatable bonds is 3. The molecular formula is C8H13N3. The van der Waals surface area contributed by atoms with Crippen molar-refractivity contribution >= 4 is 0 Å². The summed E-state index contributed by atoms with van der Waals surface area (Å²) in [5.74, 6) is 0. The third-order valence-electron chi connectivity index (χ3n) is 1.35. The Bertz CT molecular complexity index is 223. The molecule has 0 aromatic heterocycles. The lowest BCUT2D eigenvalue weighted by Crippen LogP contribution is -2.00. The molecular weight excluding hydrogens is 138 g/mol. The first kappa shape index (κ1) is 9.62. The highest BCUT2D eigenvalue weighted by Gasteiger charge is 1.96. The van der Waals surface area contributed by atoms with E-state index in [4.69, 9.17) is 11.3 Å². The van der Waals surface area contributed by atoms with Gasteiger partial charge in [-0.05, 0) is 19.4 Å². The van der Waals surface area contributed by atoms with Gasteiger partial charge in [-0.3, -0.25) is 0 Å². The molecule has 3 nitrogen and oxygen atoms in total. The van der Waals surface area contributed by atoms with Crippen LogP contribution >= 0.6 is 0 Å². The Morgan fingerprint density at radius 1 is 1.55 bits per heavy atom. The summed E-state index contributed by atoms with van der Waals surface area (Å²) in [5, 5.41) is 3.22. The molecule has 3 N–H and O–H groups in total. The number of hydrogen-bond donors (Lipinski definition) is 2. The van der Waals surface area contributed by atoms with Gasteiger partial charge in [-0.25, -0.2) is 5.53 Å². The van der Waals surface area contributed by atoms with Gasteiger partial charge in [0, 0.05) is 0 Å². The van der Waals surface area contributed by atoms with Crippen LogP contribution in [0.2, 0.25) is 0 Å². The van der Waals surface area contributed by atoms with Crippen LogP contribution in [0.5, 0.6) is 0 Å². The Hall–Kier alpha value is -1.38. The molecule has 0 saturated heterocycles. The monoisotopic (exact) mass is 151 g/mol. The van der Waals surface area contributed by atoms with Crippen molar-refractivity contribution in [1.82, 2.24) is 0 Å². The Labute approximate surface area is 66.8 Å². The zero-order chi connectivity index (χ0) is 8.85. The van der Waals surface area contributed by atoms with E-state index in [9.17, 15) is 0 Å². The predicted molar refractivity (Wildman–Crippen MR) is 46.0 cm³/mol. The number of nitrogens with two attached hydrogens (primary N) is 1. The van der Waals surface area contributed by atoms with Gasteiger partial charge < -0.3 is 5.73 Å². The van der Waals surface area contributed by atoms with Crippen molar-refractivity contribution in [3.05, 3.63) is 35.7 Å². The fourth-order valence-corrected chi connectivity index (χ4v) is 0.612. The van der Waals surface area contributed by atoms with Gasteiger partial charge in [-0.15, -0.1) is 0 Å². The quantitative estimate of drug-likeness (QED) is 0.472. The van der Waals surface area contributed by atoms with Crippen LogP contribution in [0.4, 0.5) is 0 Å². The highest BCUT2D eigenvalue weighted by molar-refractivity contribution is 5.31. The second-order valence-electron chi connectivity index (χ2n) is 2.20. The number of nitrogens with one attached hydrogen (secondary N) is 1. The van der Waals surface area contributed by atoms with Crippen molar-refractivity contribution in [3.63, 3.8) is 0 Å². The molecule has 3 heteroatoms. The Kier molecular flexibility index (Phi) is 3.88. The minimum absolute atomic E-state index is 0.528. The molecule has 0 saturated carbocycles. The molecule has 0 fully saturated rings. The summed E-state index contributed by atoms with van der Waals surface area (Å²) in [6, 6.07) is 0. The largest absolute Gasteiger partial charge is 0.397 e. The molecule has 0 radical (unpaired) electrons. The van der Waals surface area contributed by atoms with Crippen LogP contribution < -0.4 is 5.73 Å². The van der Waals surface area contributed by atoms with Crippen molar-refractivity contribution in [2.24, 2.45) is 10.8 Å². The molecule has 0 bridgehead atoms. The lowest BCUT2D eigenvalue weighted by atomic mass is 10.2. The van der Waals surface area contributed by atoms with E-state index in [2.05, 4.69) is 11.7 Å². The number of nitrogens with zero attached hydrogens (tertiary/aromatic N) is 1. The number of allylic oxidation sites excluding steroid dienone is 4. The second-order valence-corrected chi connectivity index (χ2v) is 2.20. The van der Waals surface area contributed by atoms with E-state index in [1.165, 1.54) is 0 Å². The van der Waals surface area contributed by atoms with Gasteiger partial charge in [0.2, 0.25) is 0 Å². The minimum Gasteiger partial charge on any atom is -0.397 e. The highest BCUT2D eigenvalue weighted by atomic mass is 15.0. The molecule has 0 aliphatic heterocycles. The van der Waals surface area contributed by atoms with Crippen molar-refractivity contribution in [3.8, 4) is 0 Å². The smallest absolute Gasteiger partial charge is 0.0824 e. The molecule has 0 heterocycles. The normalized spacial score (nSPS) is 13.8. The summed E-state index contributed by atoms with van der Waals surface area (Å²) < 4.78 is 0. The van der Waals surface area contributed by atoms with E-state index in [1.54, 1.807) is 19.1 Å². The molecule has 0 atom stereocenters. The van der Waals surface area contributed by atoms with Gasteiger partial charge >= 0.3 is 0 Å². The summed E-state index contributed by atoms with van der Waals surface area (Å²) in [4.78, 5) is 0. The maximum atomic E-state index is 6.70. The lowest BCUT2D eigenvalue weighted by molar-refractivity contribution is 1.02. The first-order chi connectivity index (χ1) is 5.13. The summed E-state index contributed by atoms with van der Waals surface area (Å²) in [5.41, 5.74) is 14.3. The molecule has 0 aliphatic carbocycles. The van der Waals surface area contributed by atoms with Crippen molar-refractivity contribution in [2.45, 2.75) is 13.8 Å². The van der Waals surface area contributed by atoms with E-state index in [-0.39, 0.29) is 0 Å². The van der Waals surface area contributed by atoms with E-state index in [1.807, 2.05) is 6.92 Å². The molecule has 0 aromatic carbocycles. The lowest BCUT2D eigenvalue weighted by Gasteiger charge is -2.00. The minimum atomic E-state index is 0.528. The first-order valence-corrected chi connectivity index (χ1v) is 3.27.